The fourth-order valence-electron chi connectivity index (χ4n) is 3.49. The summed E-state index contributed by atoms with van der Waals surface area (Å²) in [4.78, 5) is 36.2. The first-order chi connectivity index (χ1) is 13.7. The number of hydrogen-bond donors (Lipinski definition) is 1. The van der Waals surface area contributed by atoms with Crippen molar-refractivity contribution >= 4 is 17.9 Å². The molecule has 1 heterocycles. The van der Waals surface area contributed by atoms with Crippen molar-refractivity contribution in [3.63, 3.8) is 0 Å². The molecule has 1 N–H and O–H groups in total. The summed E-state index contributed by atoms with van der Waals surface area (Å²) < 4.78 is 16.6. The maximum atomic E-state index is 12.5. The topological polar surface area (TPSA) is 99.1 Å². The van der Waals surface area contributed by atoms with Crippen molar-refractivity contribution in [1.82, 2.24) is 0 Å². The van der Waals surface area contributed by atoms with Crippen LogP contribution >= 0.6 is 0 Å². The molecule has 0 saturated carbocycles. The van der Waals surface area contributed by atoms with Gasteiger partial charge in [0.15, 0.2) is 0 Å². The minimum absolute atomic E-state index is 0.225. The Morgan fingerprint density at radius 1 is 1.38 bits per heavy atom. The number of carbonyl (C=O) groups is 3. The zero-order valence-corrected chi connectivity index (χ0v) is 17.5. The molecule has 0 amide bonds. The minimum Gasteiger partial charge on any atom is -0.461 e. The van der Waals surface area contributed by atoms with Gasteiger partial charge in [-0.3, -0.25) is 9.59 Å². The molecule has 1 aliphatic heterocycles. The van der Waals surface area contributed by atoms with Gasteiger partial charge >= 0.3 is 17.9 Å². The van der Waals surface area contributed by atoms with Crippen LogP contribution in [0.3, 0.4) is 0 Å². The van der Waals surface area contributed by atoms with E-state index in [-0.39, 0.29) is 30.5 Å². The van der Waals surface area contributed by atoms with E-state index in [1.165, 1.54) is 6.92 Å². The van der Waals surface area contributed by atoms with Crippen LogP contribution in [0.15, 0.2) is 35.5 Å². The van der Waals surface area contributed by atoms with Gasteiger partial charge < -0.3 is 19.3 Å². The summed E-state index contributed by atoms with van der Waals surface area (Å²) in [6.45, 7) is 10.4. The van der Waals surface area contributed by atoms with Crippen molar-refractivity contribution in [2.45, 2.75) is 65.3 Å². The molecule has 0 radical (unpaired) electrons. The van der Waals surface area contributed by atoms with Crippen LogP contribution in [0.1, 0.15) is 47.0 Å². The van der Waals surface area contributed by atoms with Crippen LogP contribution in [-0.2, 0) is 28.6 Å². The van der Waals surface area contributed by atoms with Crippen molar-refractivity contribution < 1.29 is 33.7 Å². The van der Waals surface area contributed by atoms with Gasteiger partial charge in [0.25, 0.3) is 0 Å². The van der Waals surface area contributed by atoms with Crippen LogP contribution in [-0.4, -0.2) is 47.9 Å². The summed E-state index contributed by atoms with van der Waals surface area (Å²) in [6, 6.07) is 0. The smallest absolute Gasteiger partial charge is 0.334 e. The number of rotatable bonds is 5. The third-order valence-corrected chi connectivity index (χ3v) is 5.47. The number of aliphatic hydroxyl groups excluding tert-OH is 1. The summed E-state index contributed by atoms with van der Waals surface area (Å²) in [5, 5.41) is 9.82. The summed E-state index contributed by atoms with van der Waals surface area (Å²) in [6.07, 6.45) is 2.80. The SMILES string of the molecule is C=C1C(=O)OC2/C=C(/C)C(OC(C)=O)C/C=C(/CO)CC(OC(=O)C(C)CC)C12. The van der Waals surface area contributed by atoms with Gasteiger partial charge in [-0.25, -0.2) is 4.79 Å². The number of esters is 3. The quantitative estimate of drug-likeness (QED) is 0.324. The molecule has 1 fully saturated rings. The zero-order chi connectivity index (χ0) is 21.7. The third-order valence-electron chi connectivity index (χ3n) is 5.47. The van der Waals surface area contributed by atoms with Crippen LogP contribution < -0.4 is 0 Å². The minimum atomic E-state index is -0.701. The number of ether oxygens (including phenoxy) is 3. The second-order valence-electron chi connectivity index (χ2n) is 7.67. The Labute approximate surface area is 171 Å². The normalized spacial score (nSPS) is 32.0. The number of aliphatic hydroxyl groups is 1. The Hall–Kier alpha value is -2.41. The molecule has 160 valence electrons. The maximum Gasteiger partial charge on any atom is 0.334 e. The van der Waals surface area contributed by atoms with Crippen LogP contribution in [0.25, 0.3) is 0 Å². The molecule has 0 bridgehead atoms. The highest BCUT2D eigenvalue weighted by atomic mass is 16.6. The first kappa shape index (κ1) is 22.9. The van der Waals surface area contributed by atoms with Gasteiger partial charge in [0.05, 0.1) is 18.4 Å². The molecule has 1 aliphatic carbocycles. The van der Waals surface area contributed by atoms with Crippen LogP contribution in [0.2, 0.25) is 0 Å². The maximum absolute atomic E-state index is 12.5. The van der Waals surface area contributed by atoms with Gasteiger partial charge in [0.1, 0.15) is 18.3 Å². The summed E-state index contributed by atoms with van der Waals surface area (Å²) >= 11 is 0. The summed E-state index contributed by atoms with van der Waals surface area (Å²) in [7, 11) is 0. The molecule has 29 heavy (non-hydrogen) atoms. The van der Waals surface area contributed by atoms with Crippen molar-refractivity contribution in [3.8, 4) is 0 Å². The van der Waals surface area contributed by atoms with Gasteiger partial charge in [0.2, 0.25) is 0 Å². The molecule has 0 aromatic rings. The predicted molar refractivity (Wildman–Crippen MR) is 106 cm³/mol. The van der Waals surface area contributed by atoms with E-state index in [4.69, 9.17) is 14.2 Å². The summed E-state index contributed by atoms with van der Waals surface area (Å²) in [5.41, 5.74) is 1.56. The Morgan fingerprint density at radius 3 is 2.66 bits per heavy atom. The first-order valence-electron chi connectivity index (χ1n) is 9.92. The second-order valence-corrected chi connectivity index (χ2v) is 7.67. The first-order valence-corrected chi connectivity index (χ1v) is 9.92. The van der Waals surface area contributed by atoms with Crippen molar-refractivity contribution in [1.29, 1.82) is 0 Å². The highest BCUT2D eigenvalue weighted by Crippen LogP contribution is 2.37. The van der Waals surface area contributed by atoms with Crippen molar-refractivity contribution in [3.05, 3.63) is 35.5 Å². The molecule has 0 aromatic heterocycles. The molecule has 7 heteroatoms. The Bertz CT molecular complexity index is 733. The van der Waals surface area contributed by atoms with E-state index in [0.29, 0.717) is 24.0 Å². The monoisotopic (exact) mass is 406 g/mol. The number of hydrogen-bond acceptors (Lipinski definition) is 7. The lowest BCUT2D eigenvalue weighted by molar-refractivity contribution is -0.156. The largest absolute Gasteiger partial charge is 0.461 e. The lowest BCUT2D eigenvalue weighted by Crippen LogP contribution is -2.35. The third kappa shape index (κ3) is 5.56. The lowest BCUT2D eigenvalue weighted by Gasteiger charge is -2.29. The van der Waals surface area contributed by atoms with Gasteiger partial charge in [-0.1, -0.05) is 26.5 Å². The van der Waals surface area contributed by atoms with E-state index in [1.807, 2.05) is 6.92 Å². The average molecular weight is 406 g/mol. The molecule has 7 nitrogen and oxygen atoms in total. The number of carbonyl (C=O) groups excluding carboxylic acids is 3. The Balaban J connectivity index is 2.45. The fraction of sp³-hybridized carbons (Fsp3) is 0.591. The number of fused-ring (bicyclic) bond motifs is 1. The molecule has 2 rings (SSSR count). The molecule has 2 aliphatic rings. The Morgan fingerprint density at radius 2 is 2.07 bits per heavy atom. The molecule has 5 atom stereocenters. The van der Waals surface area contributed by atoms with E-state index in [9.17, 15) is 19.5 Å². The van der Waals surface area contributed by atoms with E-state index in [0.717, 1.165) is 0 Å². The van der Waals surface area contributed by atoms with Gasteiger partial charge in [-0.05, 0) is 30.6 Å². The summed E-state index contributed by atoms with van der Waals surface area (Å²) in [5.74, 6) is -2.22. The highest BCUT2D eigenvalue weighted by molar-refractivity contribution is 5.91. The van der Waals surface area contributed by atoms with E-state index in [1.54, 1.807) is 26.0 Å². The zero-order valence-electron chi connectivity index (χ0n) is 17.5. The molecule has 5 unspecified atom stereocenters. The molecular formula is C22H30O7. The van der Waals surface area contributed by atoms with Crippen LogP contribution in [0, 0.1) is 11.8 Å². The van der Waals surface area contributed by atoms with Crippen molar-refractivity contribution in [2.75, 3.05) is 6.61 Å². The average Bonchev–Trinajstić information content (AvgIpc) is 2.94. The standard InChI is InChI=1S/C22H30O7/c1-6-12(2)21(25)28-19-10-16(11-23)7-8-17(27-15(5)24)13(3)9-18-20(19)14(4)22(26)29-18/h7,9,12,17-20,23H,4,6,8,10-11H2,1-3,5H3/b13-9-,16-7+. The van der Waals surface area contributed by atoms with E-state index < -0.39 is 36.2 Å². The van der Waals surface area contributed by atoms with Crippen LogP contribution in [0.4, 0.5) is 0 Å². The lowest BCUT2D eigenvalue weighted by atomic mass is 9.85. The van der Waals surface area contributed by atoms with E-state index in [2.05, 4.69) is 6.58 Å². The second kappa shape index (κ2) is 9.87. The van der Waals surface area contributed by atoms with Gasteiger partial charge in [-0.2, -0.15) is 0 Å². The molecular weight excluding hydrogens is 376 g/mol. The van der Waals surface area contributed by atoms with E-state index >= 15 is 0 Å². The molecule has 0 aromatic carbocycles. The van der Waals surface area contributed by atoms with Crippen molar-refractivity contribution in [2.24, 2.45) is 11.8 Å². The van der Waals surface area contributed by atoms with Gasteiger partial charge in [0, 0.05) is 25.3 Å². The Kier molecular flexibility index (Phi) is 7.79. The highest BCUT2D eigenvalue weighted by Gasteiger charge is 2.45. The van der Waals surface area contributed by atoms with Gasteiger partial charge in [-0.15, -0.1) is 0 Å². The molecule has 1 saturated heterocycles. The molecule has 0 spiro atoms. The van der Waals surface area contributed by atoms with Crippen LogP contribution in [0.5, 0.6) is 0 Å². The predicted octanol–water partition coefficient (Wildman–Crippen LogP) is 2.63. The fourth-order valence-corrected chi connectivity index (χ4v) is 3.49.